The van der Waals surface area contributed by atoms with Gasteiger partial charge in [-0.1, -0.05) is 73.2 Å². The summed E-state index contributed by atoms with van der Waals surface area (Å²) in [4.78, 5) is 21.0. The van der Waals surface area contributed by atoms with Crippen molar-refractivity contribution in [2.75, 3.05) is 12.4 Å². The van der Waals surface area contributed by atoms with Crippen LogP contribution < -0.4 is 4.74 Å². The zero-order valence-corrected chi connectivity index (χ0v) is 24.5. The van der Waals surface area contributed by atoms with E-state index in [0.29, 0.717) is 5.75 Å². The minimum atomic E-state index is -0.987. The van der Waals surface area contributed by atoms with Gasteiger partial charge in [-0.15, -0.1) is 11.8 Å². The van der Waals surface area contributed by atoms with Crippen molar-refractivity contribution in [2.24, 2.45) is 0 Å². The summed E-state index contributed by atoms with van der Waals surface area (Å²) in [5.74, 6) is 0.416. The van der Waals surface area contributed by atoms with Gasteiger partial charge in [0.1, 0.15) is 5.75 Å². The predicted octanol–water partition coefficient (Wildman–Crippen LogP) is 8.59. The first-order valence-corrected chi connectivity index (χ1v) is 14.8. The topological polar surface area (TPSA) is 72.3 Å². The first-order valence-electron chi connectivity index (χ1n) is 13.9. The largest absolute Gasteiger partial charge is 0.482 e. The molecule has 2 aromatic heterocycles. The summed E-state index contributed by atoms with van der Waals surface area (Å²) < 4.78 is 5.41. The highest BCUT2D eigenvalue weighted by molar-refractivity contribution is 7.99. The zero-order chi connectivity index (χ0) is 29.3. The summed E-state index contributed by atoms with van der Waals surface area (Å²) >= 11 is 1.77. The van der Waals surface area contributed by atoms with Gasteiger partial charge in [0.25, 0.3) is 0 Å². The highest BCUT2D eigenvalue weighted by Crippen LogP contribution is 2.35. The average Bonchev–Trinajstić information content (AvgIpc) is 3.03. The van der Waals surface area contributed by atoms with Crippen LogP contribution in [0.3, 0.4) is 0 Å². The molecule has 0 aliphatic heterocycles. The van der Waals surface area contributed by atoms with Gasteiger partial charge < -0.3 is 9.84 Å². The van der Waals surface area contributed by atoms with E-state index in [9.17, 15) is 4.79 Å². The van der Waals surface area contributed by atoms with Gasteiger partial charge in [0.15, 0.2) is 6.61 Å². The molecule has 210 valence electrons. The van der Waals surface area contributed by atoms with Gasteiger partial charge in [-0.2, -0.15) is 0 Å². The van der Waals surface area contributed by atoms with Gasteiger partial charge in [0, 0.05) is 34.2 Å². The number of carbonyl (C=O) groups is 1. The number of aromatic nitrogens is 2. The molecule has 0 aliphatic rings. The molecule has 0 fully saturated rings. The second-order valence-corrected chi connectivity index (χ2v) is 10.9. The number of aryl methyl sites for hydroxylation is 1. The fourth-order valence-corrected chi connectivity index (χ4v) is 5.91. The monoisotopic (exact) mass is 572 g/mol. The standard InChI is InChI=1S/C36H32N2O3S/c1-3-26(24-42-31-18-19-34(25(2)22-31)41-23-35(39)40)36(29-14-10-27(11-15-29)32-8-4-6-20-37-32)30-16-12-28(13-17-30)33-9-5-7-21-38-33/h4-22H,3,23-24H2,1-2H3,(H,39,40). The highest BCUT2D eigenvalue weighted by Gasteiger charge is 2.14. The van der Waals surface area contributed by atoms with Crippen LogP contribution in [0.25, 0.3) is 28.1 Å². The van der Waals surface area contributed by atoms with E-state index in [1.165, 1.54) is 11.1 Å². The number of rotatable bonds is 11. The molecule has 0 amide bonds. The molecule has 0 aliphatic carbocycles. The van der Waals surface area contributed by atoms with Crippen molar-refractivity contribution in [3.05, 3.63) is 138 Å². The van der Waals surface area contributed by atoms with Crippen molar-refractivity contribution >= 4 is 23.3 Å². The Morgan fingerprint density at radius 3 is 1.81 bits per heavy atom. The van der Waals surface area contributed by atoms with Gasteiger partial charge in [0.05, 0.1) is 11.4 Å². The number of carboxylic acids is 1. The molecule has 0 radical (unpaired) electrons. The molecule has 0 spiro atoms. The number of hydrogen-bond acceptors (Lipinski definition) is 5. The van der Waals surface area contributed by atoms with Crippen LogP contribution in [-0.2, 0) is 4.79 Å². The summed E-state index contributed by atoms with van der Waals surface area (Å²) in [6, 6.07) is 35.1. The molecule has 3 aromatic carbocycles. The third-order valence-corrected chi connectivity index (χ3v) is 8.04. The maximum atomic E-state index is 10.9. The Morgan fingerprint density at radius 2 is 1.36 bits per heavy atom. The molecule has 1 N–H and O–H groups in total. The lowest BCUT2D eigenvalue weighted by atomic mass is 9.91. The predicted molar refractivity (Wildman–Crippen MR) is 171 cm³/mol. The van der Waals surface area contributed by atoms with E-state index in [0.717, 1.165) is 56.3 Å². The van der Waals surface area contributed by atoms with Crippen LogP contribution in [0.2, 0.25) is 0 Å². The number of benzene rings is 3. The number of nitrogens with zero attached hydrogens (tertiary/aromatic N) is 2. The van der Waals surface area contributed by atoms with E-state index in [2.05, 4.69) is 71.5 Å². The Kier molecular flexibility index (Phi) is 9.47. The molecule has 6 heteroatoms. The lowest BCUT2D eigenvalue weighted by molar-refractivity contribution is -0.139. The number of ether oxygens (including phenoxy) is 1. The van der Waals surface area contributed by atoms with E-state index in [1.807, 2.05) is 67.8 Å². The lowest BCUT2D eigenvalue weighted by Gasteiger charge is -2.17. The molecule has 2 heterocycles. The van der Waals surface area contributed by atoms with Gasteiger partial charge in [-0.3, -0.25) is 9.97 Å². The second-order valence-electron chi connectivity index (χ2n) is 9.82. The van der Waals surface area contributed by atoms with Crippen molar-refractivity contribution in [1.29, 1.82) is 0 Å². The number of aliphatic carboxylic acids is 1. The Hall–Kier alpha value is -4.68. The van der Waals surface area contributed by atoms with Crippen LogP contribution in [-0.4, -0.2) is 33.4 Å². The summed E-state index contributed by atoms with van der Waals surface area (Å²) in [5.41, 5.74) is 9.85. The molecule has 0 saturated heterocycles. The van der Waals surface area contributed by atoms with Gasteiger partial charge in [0.2, 0.25) is 0 Å². The van der Waals surface area contributed by atoms with Crippen molar-refractivity contribution in [1.82, 2.24) is 9.97 Å². The van der Waals surface area contributed by atoms with E-state index in [1.54, 1.807) is 11.8 Å². The normalized spacial score (nSPS) is 10.7. The fraction of sp³-hybridized carbons (Fsp3) is 0.139. The van der Waals surface area contributed by atoms with Crippen LogP contribution in [0.4, 0.5) is 0 Å². The molecule has 5 rings (SSSR count). The van der Waals surface area contributed by atoms with Crippen molar-refractivity contribution in [2.45, 2.75) is 25.2 Å². The van der Waals surface area contributed by atoms with E-state index in [4.69, 9.17) is 9.84 Å². The van der Waals surface area contributed by atoms with Crippen molar-refractivity contribution < 1.29 is 14.6 Å². The van der Waals surface area contributed by atoms with Crippen LogP contribution in [0.5, 0.6) is 5.75 Å². The third kappa shape index (κ3) is 7.14. The molecule has 5 nitrogen and oxygen atoms in total. The van der Waals surface area contributed by atoms with Gasteiger partial charge >= 0.3 is 5.97 Å². The number of pyridine rings is 2. The van der Waals surface area contributed by atoms with Crippen molar-refractivity contribution in [3.63, 3.8) is 0 Å². The van der Waals surface area contributed by atoms with E-state index in [-0.39, 0.29) is 6.61 Å². The van der Waals surface area contributed by atoms with Crippen LogP contribution >= 0.6 is 11.8 Å². The lowest BCUT2D eigenvalue weighted by Crippen LogP contribution is -2.10. The Bertz CT molecular complexity index is 1580. The zero-order valence-electron chi connectivity index (χ0n) is 23.7. The Morgan fingerprint density at radius 1 is 0.786 bits per heavy atom. The first kappa shape index (κ1) is 28.8. The maximum absolute atomic E-state index is 10.9. The second kappa shape index (κ2) is 13.8. The maximum Gasteiger partial charge on any atom is 0.341 e. The quantitative estimate of drug-likeness (QED) is 0.160. The Balaban J connectivity index is 1.47. The number of carboxylic acid groups (broad SMARTS) is 1. The smallest absolute Gasteiger partial charge is 0.341 e. The molecular weight excluding hydrogens is 540 g/mol. The number of hydrogen-bond donors (Lipinski definition) is 1. The first-order chi connectivity index (χ1) is 20.5. The van der Waals surface area contributed by atoms with Crippen LogP contribution in [0.15, 0.2) is 126 Å². The minimum absolute atomic E-state index is 0.350. The SMILES string of the molecule is CCC(CSc1ccc(OCC(=O)O)c(C)c1)=C(c1ccc(-c2ccccn2)cc1)c1ccc(-c2ccccn2)cc1. The van der Waals surface area contributed by atoms with Crippen LogP contribution in [0, 0.1) is 6.92 Å². The highest BCUT2D eigenvalue weighted by atomic mass is 32.2. The summed E-state index contributed by atoms with van der Waals surface area (Å²) in [6.07, 6.45) is 4.53. The van der Waals surface area contributed by atoms with E-state index >= 15 is 0 Å². The fourth-order valence-electron chi connectivity index (χ4n) is 4.79. The van der Waals surface area contributed by atoms with Crippen molar-refractivity contribution in [3.8, 4) is 28.3 Å². The molecular formula is C36H32N2O3S. The minimum Gasteiger partial charge on any atom is -0.482 e. The summed E-state index contributed by atoms with van der Waals surface area (Å²) in [7, 11) is 0. The molecule has 0 unspecified atom stereocenters. The number of thioether (sulfide) groups is 1. The molecule has 0 atom stereocenters. The molecule has 42 heavy (non-hydrogen) atoms. The van der Waals surface area contributed by atoms with Gasteiger partial charge in [-0.25, -0.2) is 4.79 Å². The summed E-state index contributed by atoms with van der Waals surface area (Å²) in [6.45, 7) is 3.79. The molecule has 0 saturated carbocycles. The molecule has 5 aromatic rings. The third-order valence-electron chi connectivity index (χ3n) is 6.96. The molecule has 0 bridgehead atoms. The Labute approximate surface area is 251 Å². The summed E-state index contributed by atoms with van der Waals surface area (Å²) in [5, 5.41) is 8.94. The van der Waals surface area contributed by atoms with Crippen LogP contribution in [0.1, 0.15) is 30.0 Å². The van der Waals surface area contributed by atoms with E-state index < -0.39 is 5.97 Å². The average molecular weight is 573 g/mol. The van der Waals surface area contributed by atoms with Gasteiger partial charge in [-0.05, 0) is 78.1 Å².